The van der Waals surface area contributed by atoms with Gasteiger partial charge in [0.2, 0.25) is 0 Å². The smallest absolute Gasteiger partial charge is 0.341 e. The number of halogens is 1. The van der Waals surface area contributed by atoms with Gasteiger partial charge in [0.1, 0.15) is 11.4 Å². The zero-order valence-electron chi connectivity index (χ0n) is 11.2. The van der Waals surface area contributed by atoms with Gasteiger partial charge in [-0.15, -0.1) is 0 Å². The number of carbonyl (C=O) groups is 1. The lowest BCUT2D eigenvalue weighted by Crippen LogP contribution is -2.07. The molecular formula is C15H15FN2O2. The van der Waals surface area contributed by atoms with Gasteiger partial charge in [-0.1, -0.05) is 0 Å². The largest absolute Gasteiger partial charge is 0.462 e. The number of aromatic nitrogens is 2. The minimum absolute atomic E-state index is 0.302. The van der Waals surface area contributed by atoms with E-state index in [1.165, 1.54) is 18.3 Å². The molecule has 0 aliphatic heterocycles. The molecule has 0 atom stereocenters. The molecule has 1 aliphatic carbocycles. The summed E-state index contributed by atoms with van der Waals surface area (Å²) in [6, 6.07) is 6.42. The zero-order valence-corrected chi connectivity index (χ0v) is 11.2. The molecule has 5 heteroatoms. The molecule has 0 bridgehead atoms. The number of hydrogen-bond donors (Lipinski definition) is 0. The first kappa shape index (κ1) is 12.8. The molecule has 1 heterocycles. The summed E-state index contributed by atoms with van der Waals surface area (Å²) in [4.78, 5) is 12.0. The van der Waals surface area contributed by atoms with Gasteiger partial charge < -0.3 is 4.74 Å². The van der Waals surface area contributed by atoms with Gasteiger partial charge in [-0.2, -0.15) is 5.10 Å². The van der Waals surface area contributed by atoms with Crippen LogP contribution in [0.4, 0.5) is 4.39 Å². The number of hydrogen-bond acceptors (Lipinski definition) is 3. The van der Waals surface area contributed by atoms with Crippen LogP contribution < -0.4 is 0 Å². The summed E-state index contributed by atoms with van der Waals surface area (Å²) in [5.41, 5.74) is 1.93. The molecule has 1 fully saturated rings. The van der Waals surface area contributed by atoms with E-state index in [-0.39, 0.29) is 5.82 Å². The maximum Gasteiger partial charge on any atom is 0.341 e. The minimum atomic E-state index is -0.390. The maximum absolute atomic E-state index is 13.1. The second kappa shape index (κ2) is 5.07. The van der Waals surface area contributed by atoms with Gasteiger partial charge in [0.25, 0.3) is 0 Å². The van der Waals surface area contributed by atoms with Crippen molar-refractivity contribution >= 4 is 5.97 Å². The van der Waals surface area contributed by atoms with Crippen LogP contribution in [0.5, 0.6) is 0 Å². The third-order valence-electron chi connectivity index (χ3n) is 3.30. The van der Waals surface area contributed by atoms with E-state index >= 15 is 0 Å². The third-order valence-corrected chi connectivity index (χ3v) is 3.30. The minimum Gasteiger partial charge on any atom is -0.462 e. The molecule has 0 radical (unpaired) electrons. The summed E-state index contributed by atoms with van der Waals surface area (Å²) in [5, 5.41) is 4.30. The van der Waals surface area contributed by atoms with Crippen molar-refractivity contribution in [3.8, 4) is 11.3 Å². The maximum atomic E-state index is 13.1. The van der Waals surface area contributed by atoms with Crippen molar-refractivity contribution in [2.45, 2.75) is 25.8 Å². The van der Waals surface area contributed by atoms with Crippen LogP contribution in [0.15, 0.2) is 30.5 Å². The summed E-state index contributed by atoms with van der Waals surface area (Å²) < 4.78 is 20.0. The third kappa shape index (κ3) is 2.31. The first-order chi connectivity index (χ1) is 9.70. The van der Waals surface area contributed by atoms with Crippen LogP contribution in [0, 0.1) is 5.82 Å². The summed E-state index contributed by atoms with van der Waals surface area (Å²) >= 11 is 0. The number of ether oxygens (including phenoxy) is 1. The fourth-order valence-corrected chi connectivity index (χ4v) is 2.21. The van der Waals surface area contributed by atoms with Crippen molar-refractivity contribution < 1.29 is 13.9 Å². The van der Waals surface area contributed by atoms with Crippen LogP contribution in [-0.2, 0) is 4.74 Å². The van der Waals surface area contributed by atoms with Crippen molar-refractivity contribution in [3.63, 3.8) is 0 Å². The van der Waals surface area contributed by atoms with E-state index in [0.717, 1.165) is 18.4 Å². The van der Waals surface area contributed by atoms with Gasteiger partial charge >= 0.3 is 5.97 Å². The molecule has 1 aliphatic rings. The van der Waals surface area contributed by atoms with E-state index in [0.29, 0.717) is 23.9 Å². The molecule has 3 rings (SSSR count). The van der Waals surface area contributed by atoms with E-state index < -0.39 is 5.97 Å². The second-order valence-corrected chi connectivity index (χ2v) is 4.81. The zero-order chi connectivity index (χ0) is 14.1. The van der Waals surface area contributed by atoms with Crippen molar-refractivity contribution in [2.24, 2.45) is 0 Å². The van der Waals surface area contributed by atoms with Crippen molar-refractivity contribution in [1.82, 2.24) is 9.78 Å². The van der Waals surface area contributed by atoms with Crippen LogP contribution in [0.25, 0.3) is 11.3 Å². The molecule has 0 spiro atoms. The molecule has 0 unspecified atom stereocenters. The Hall–Kier alpha value is -2.17. The van der Waals surface area contributed by atoms with Gasteiger partial charge in [0.15, 0.2) is 0 Å². The normalized spacial score (nSPS) is 14.3. The number of benzene rings is 1. The van der Waals surface area contributed by atoms with Crippen LogP contribution in [-0.4, -0.2) is 22.4 Å². The van der Waals surface area contributed by atoms with Crippen molar-refractivity contribution in [3.05, 3.63) is 41.8 Å². The first-order valence-corrected chi connectivity index (χ1v) is 6.71. The Kier molecular flexibility index (Phi) is 3.26. The molecule has 1 aromatic carbocycles. The van der Waals surface area contributed by atoms with E-state index in [2.05, 4.69) is 5.10 Å². The Morgan fingerprint density at radius 2 is 2.10 bits per heavy atom. The van der Waals surface area contributed by atoms with Crippen LogP contribution in [0.1, 0.15) is 36.2 Å². The van der Waals surface area contributed by atoms with E-state index in [1.807, 2.05) is 4.68 Å². The van der Waals surface area contributed by atoms with Crippen molar-refractivity contribution in [1.29, 1.82) is 0 Å². The standard InChI is InChI=1S/C15H15FN2O2/c1-2-20-15(19)13-9-17-18(12-7-8-12)14(13)10-3-5-11(16)6-4-10/h3-6,9,12H,2,7-8H2,1H3. The van der Waals surface area contributed by atoms with Gasteiger partial charge in [0, 0.05) is 5.56 Å². The molecule has 0 N–H and O–H groups in total. The highest BCUT2D eigenvalue weighted by Crippen LogP contribution is 2.39. The summed E-state index contributed by atoms with van der Waals surface area (Å²) in [7, 11) is 0. The highest BCUT2D eigenvalue weighted by Gasteiger charge is 2.30. The molecule has 20 heavy (non-hydrogen) atoms. The molecular weight excluding hydrogens is 259 g/mol. The van der Waals surface area contributed by atoms with E-state index in [1.54, 1.807) is 19.1 Å². The Balaban J connectivity index is 2.07. The molecule has 0 saturated heterocycles. The fraction of sp³-hybridized carbons (Fsp3) is 0.333. The highest BCUT2D eigenvalue weighted by atomic mass is 19.1. The Morgan fingerprint density at radius 3 is 2.70 bits per heavy atom. The predicted octanol–water partition coefficient (Wildman–Crippen LogP) is 3.20. The number of carbonyl (C=O) groups excluding carboxylic acids is 1. The number of esters is 1. The van der Waals surface area contributed by atoms with E-state index in [4.69, 9.17) is 4.74 Å². The molecule has 4 nitrogen and oxygen atoms in total. The number of nitrogens with zero attached hydrogens (tertiary/aromatic N) is 2. The summed E-state index contributed by atoms with van der Waals surface area (Å²) in [6.07, 6.45) is 3.64. The van der Waals surface area contributed by atoms with E-state index in [9.17, 15) is 9.18 Å². The van der Waals surface area contributed by atoms with Crippen molar-refractivity contribution in [2.75, 3.05) is 6.61 Å². The highest BCUT2D eigenvalue weighted by molar-refractivity contribution is 5.96. The average Bonchev–Trinajstić information content (AvgIpc) is 3.19. The van der Waals surface area contributed by atoms with Crippen LogP contribution in [0.2, 0.25) is 0 Å². The Morgan fingerprint density at radius 1 is 1.40 bits per heavy atom. The van der Waals surface area contributed by atoms with Crippen LogP contribution >= 0.6 is 0 Å². The summed E-state index contributed by atoms with van der Waals surface area (Å²) in [5.74, 6) is -0.692. The van der Waals surface area contributed by atoms with Crippen LogP contribution in [0.3, 0.4) is 0 Å². The molecule has 2 aromatic rings. The first-order valence-electron chi connectivity index (χ1n) is 6.71. The fourth-order valence-electron chi connectivity index (χ4n) is 2.21. The topological polar surface area (TPSA) is 44.1 Å². The Labute approximate surface area is 116 Å². The molecule has 0 amide bonds. The SMILES string of the molecule is CCOC(=O)c1cnn(C2CC2)c1-c1ccc(F)cc1. The lowest BCUT2D eigenvalue weighted by Gasteiger charge is -2.09. The summed E-state index contributed by atoms with van der Waals surface area (Å²) in [6.45, 7) is 2.08. The Bertz CT molecular complexity index is 630. The lowest BCUT2D eigenvalue weighted by molar-refractivity contribution is 0.0527. The number of rotatable bonds is 4. The van der Waals surface area contributed by atoms with Gasteiger partial charge in [-0.05, 0) is 44.0 Å². The molecule has 104 valence electrons. The lowest BCUT2D eigenvalue weighted by atomic mass is 10.1. The van der Waals surface area contributed by atoms with Gasteiger partial charge in [0.05, 0.1) is 24.5 Å². The molecule has 1 aromatic heterocycles. The van der Waals surface area contributed by atoms with Gasteiger partial charge in [-0.25, -0.2) is 9.18 Å². The van der Waals surface area contributed by atoms with Gasteiger partial charge in [-0.3, -0.25) is 4.68 Å². The molecule has 1 saturated carbocycles. The monoisotopic (exact) mass is 274 g/mol. The quantitative estimate of drug-likeness (QED) is 0.804. The average molecular weight is 274 g/mol. The predicted molar refractivity (Wildman–Crippen MR) is 71.8 cm³/mol. The second-order valence-electron chi connectivity index (χ2n) is 4.81.